The molecule has 1 N–H and O–H groups in total. The van der Waals surface area contributed by atoms with Crippen molar-refractivity contribution in [3.63, 3.8) is 0 Å². The van der Waals surface area contributed by atoms with Crippen LogP contribution >= 0.6 is 11.3 Å². The van der Waals surface area contributed by atoms with Gasteiger partial charge in [-0.25, -0.2) is 4.98 Å². The van der Waals surface area contributed by atoms with Crippen LogP contribution in [-0.2, 0) is 11.2 Å². The van der Waals surface area contributed by atoms with Gasteiger partial charge in [0.05, 0.1) is 22.9 Å². The Labute approximate surface area is 207 Å². The number of amides is 1. The monoisotopic (exact) mass is 483 g/mol. The van der Waals surface area contributed by atoms with E-state index in [1.807, 2.05) is 30.1 Å². The predicted molar refractivity (Wildman–Crippen MR) is 138 cm³/mol. The standard InChI is InChI=1S/C26H37N5O2S/c1-6-9-10-12-22-27-20(16-34-22)18-13-14-21(33-8-3)19(15-18)25-28-26(32)24-17(4)30(5)23(11-7-2)31(24)29-25/h13-17,23-24H,6-12H2,1-5H3,(H,28,29,32). The van der Waals surface area contributed by atoms with Crippen molar-refractivity contribution >= 4 is 23.1 Å². The molecule has 0 bridgehead atoms. The molecular formula is C26H37N5O2S. The number of hydrogen-bond acceptors (Lipinski definition) is 7. The highest BCUT2D eigenvalue weighted by Crippen LogP contribution is 2.33. The van der Waals surface area contributed by atoms with Crippen LogP contribution in [0.4, 0.5) is 0 Å². The average molecular weight is 484 g/mol. The molecule has 184 valence electrons. The van der Waals surface area contributed by atoms with Gasteiger partial charge in [-0.2, -0.15) is 5.10 Å². The molecule has 0 aliphatic carbocycles. The van der Waals surface area contributed by atoms with Gasteiger partial charge in [-0.15, -0.1) is 11.3 Å². The highest BCUT2D eigenvalue weighted by Gasteiger charge is 2.48. The van der Waals surface area contributed by atoms with Crippen LogP contribution < -0.4 is 10.1 Å². The van der Waals surface area contributed by atoms with Crippen LogP contribution in [0, 0.1) is 0 Å². The van der Waals surface area contributed by atoms with Gasteiger partial charge in [0.1, 0.15) is 18.0 Å². The number of nitrogens with one attached hydrogen (secondary N) is 1. The number of unbranched alkanes of at least 4 members (excludes halogenated alkanes) is 2. The fourth-order valence-electron chi connectivity index (χ4n) is 4.84. The van der Waals surface area contributed by atoms with E-state index in [-0.39, 0.29) is 24.2 Å². The lowest BCUT2D eigenvalue weighted by molar-refractivity contribution is -0.125. The quantitative estimate of drug-likeness (QED) is 0.489. The van der Waals surface area contributed by atoms with Crippen LogP contribution in [0.1, 0.15) is 70.4 Å². The maximum Gasteiger partial charge on any atom is 0.251 e. The molecule has 2 aliphatic rings. The smallest absolute Gasteiger partial charge is 0.251 e. The van der Waals surface area contributed by atoms with Gasteiger partial charge in [0.2, 0.25) is 0 Å². The van der Waals surface area contributed by atoms with Gasteiger partial charge in [0, 0.05) is 17.0 Å². The number of fused-ring (bicyclic) bond motifs is 1. The minimum Gasteiger partial charge on any atom is -0.493 e. The van der Waals surface area contributed by atoms with E-state index in [2.05, 4.69) is 43.4 Å². The van der Waals surface area contributed by atoms with Gasteiger partial charge >= 0.3 is 0 Å². The maximum absolute atomic E-state index is 13.2. The molecule has 1 fully saturated rings. The number of amidine groups is 1. The number of aromatic nitrogens is 1. The minimum atomic E-state index is -0.284. The van der Waals surface area contributed by atoms with E-state index < -0.39 is 0 Å². The highest BCUT2D eigenvalue weighted by atomic mass is 32.1. The van der Waals surface area contributed by atoms with Crippen molar-refractivity contribution in [1.29, 1.82) is 0 Å². The first kappa shape index (κ1) is 24.7. The van der Waals surface area contributed by atoms with Gasteiger partial charge < -0.3 is 10.1 Å². The molecule has 8 heteroatoms. The molecule has 1 saturated heterocycles. The number of ether oxygens (including phenoxy) is 1. The third kappa shape index (κ3) is 4.84. The zero-order valence-corrected chi connectivity index (χ0v) is 21.8. The third-order valence-corrected chi connectivity index (χ3v) is 7.72. The van der Waals surface area contributed by atoms with Crippen molar-refractivity contribution < 1.29 is 9.53 Å². The Morgan fingerprint density at radius 2 is 2.00 bits per heavy atom. The number of rotatable bonds is 10. The number of nitrogens with zero attached hydrogens (tertiary/aromatic N) is 4. The molecule has 0 spiro atoms. The third-order valence-electron chi connectivity index (χ3n) is 6.81. The number of carbonyl (C=O) groups is 1. The summed E-state index contributed by atoms with van der Waals surface area (Å²) in [5.41, 5.74) is 2.76. The summed E-state index contributed by atoms with van der Waals surface area (Å²) >= 11 is 1.71. The number of benzene rings is 1. The van der Waals surface area contributed by atoms with Crippen molar-refractivity contribution in [3.8, 4) is 17.0 Å². The molecule has 2 aliphatic heterocycles. The molecular weight excluding hydrogens is 446 g/mol. The molecule has 1 aromatic heterocycles. The lowest BCUT2D eigenvalue weighted by Crippen LogP contribution is -2.54. The Morgan fingerprint density at radius 1 is 1.18 bits per heavy atom. The van der Waals surface area contributed by atoms with Crippen molar-refractivity contribution in [2.24, 2.45) is 5.10 Å². The zero-order valence-electron chi connectivity index (χ0n) is 21.0. The van der Waals surface area contributed by atoms with Gasteiger partial charge in [-0.3, -0.25) is 14.7 Å². The Bertz CT molecular complexity index is 1040. The second-order valence-electron chi connectivity index (χ2n) is 9.17. The first-order valence-electron chi connectivity index (χ1n) is 12.6. The molecule has 3 heterocycles. The molecule has 0 saturated carbocycles. The maximum atomic E-state index is 13.2. The lowest BCUT2D eigenvalue weighted by Gasteiger charge is -2.32. The minimum absolute atomic E-state index is 0.0114. The van der Waals surface area contributed by atoms with E-state index in [9.17, 15) is 4.79 Å². The normalized spacial score (nSPS) is 22.5. The van der Waals surface area contributed by atoms with Gasteiger partial charge in [-0.05, 0) is 58.4 Å². The van der Waals surface area contributed by atoms with Crippen molar-refractivity contribution in [2.45, 2.75) is 84.5 Å². The summed E-state index contributed by atoms with van der Waals surface area (Å²) < 4.78 is 5.94. The van der Waals surface area contributed by atoms with Gasteiger partial charge in [-0.1, -0.05) is 33.1 Å². The number of likely N-dealkylation sites (N-methyl/N-ethyl adjacent to an activating group) is 1. The zero-order chi connectivity index (χ0) is 24.2. The number of thiazole rings is 1. The Balaban J connectivity index is 1.69. The van der Waals surface area contributed by atoms with E-state index in [1.165, 1.54) is 24.3 Å². The molecule has 0 radical (unpaired) electrons. The number of hydrogen-bond donors (Lipinski definition) is 1. The van der Waals surface area contributed by atoms with E-state index in [4.69, 9.17) is 14.8 Å². The summed E-state index contributed by atoms with van der Waals surface area (Å²) in [4.78, 5) is 20.3. The molecule has 3 atom stereocenters. The average Bonchev–Trinajstić information content (AvgIpc) is 3.39. The Hall–Kier alpha value is -2.45. The predicted octanol–water partition coefficient (Wildman–Crippen LogP) is 4.86. The summed E-state index contributed by atoms with van der Waals surface area (Å²) in [7, 11) is 2.08. The number of aryl methyl sites for hydroxylation is 1. The number of hydrazone groups is 1. The second kappa shape index (κ2) is 10.9. The first-order chi connectivity index (χ1) is 16.5. The SMILES string of the molecule is CCCCCc1nc(-c2ccc(OCC)c(C3=NN4C(C(=O)N3)C(C)N(C)C4CCC)c2)cs1. The molecule has 7 nitrogen and oxygen atoms in total. The van der Waals surface area contributed by atoms with E-state index in [0.29, 0.717) is 12.4 Å². The number of carbonyl (C=O) groups excluding carboxylic acids is 1. The largest absolute Gasteiger partial charge is 0.493 e. The fraction of sp³-hybridized carbons (Fsp3) is 0.577. The topological polar surface area (TPSA) is 70.1 Å². The van der Waals surface area contributed by atoms with Gasteiger partial charge in [0.25, 0.3) is 5.91 Å². The summed E-state index contributed by atoms with van der Waals surface area (Å²) in [6.45, 7) is 8.99. The van der Waals surface area contributed by atoms with Crippen molar-refractivity contribution in [3.05, 3.63) is 34.2 Å². The van der Waals surface area contributed by atoms with Crippen LogP contribution in [0.25, 0.3) is 11.3 Å². The highest BCUT2D eigenvalue weighted by molar-refractivity contribution is 7.09. The van der Waals surface area contributed by atoms with Crippen LogP contribution in [0.5, 0.6) is 5.75 Å². The van der Waals surface area contributed by atoms with Crippen LogP contribution in [0.15, 0.2) is 28.7 Å². The molecule has 1 amide bonds. The summed E-state index contributed by atoms with van der Waals surface area (Å²) in [5, 5.41) is 13.3. The fourth-order valence-corrected chi connectivity index (χ4v) is 5.69. The summed E-state index contributed by atoms with van der Waals surface area (Å²) in [5.74, 6) is 1.26. The molecule has 4 rings (SSSR count). The Morgan fingerprint density at radius 3 is 2.74 bits per heavy atom. The molecule has 34 heavy (non-hydrogen) atoms. The van der Waals surface area contributed by atoms with Crippen LogP contribution in [0.3, 0.4) is 0 Å². The van der Waals surface area contributed by atoms with Crippen molar-refractivity contribution in [2.75, 3.05) is 13.7 Å². The van der Waals surface area contributed by atoms with E-state index >= 15 is 0 Å². The first-order valence-corrected chi connectivity index (χ1v) is 13.5. The van der Waals surface area contributed by atoms with Crippen LogP contribution in [-0.4, -0.2) is 58.5 Å². The second-order valence-corrected chi connectivity index (χ2v) is 10.1. The molecule has 2 aromatic rings. The molecule has 3 unspecified atom stereocenters. The van der Waals surface area contributed by atoms with E-state index in [0.717, 1.165) is 41.8 Å². The van der Waals surface area contributed by atoms with Crippen LogP contribution in [0.2, 0.25) is 0 Å². The molecule has 1 aromatic carbocycles. The van der Waals surface area contributed by atoms with E-state index in [1.54, 1.807) is 11.3 Å². The summed E-state index contributed by atoms with van der Waals surface area (Å²) in [6.07, 6.45) is 6.72. The van der Waals surface area contributed by atoms with Crippen molar-refractivity contribution in [1.82, 2.24) is 20.2 Å². The summed E-state index contributed by atoms with van der Waals surface area (Å²) in [6, 6.07) is 5.87. The Kier molecular flexibility index (Phi) is 7.88. The van der Waals surface area contributed by atoms with Gasteiger partial charge in [0.15, 0.2) is 5.84 Å². The lowest BCUT2D eigenvalue weighted by atomic mass is 10.0.